The Morgan fingerprint density at radius 1 is 1.21 bits per heavy atom. The zero-order valence-electron chi connectivity index (χ0n) is 17.8. The van der Waals surface area contributed by atoms with Gasteiger partial charge in [0.05, 0.1) is 6.54 Å². The van der Waals surface area contributed by atoms with E-state index in [2.05, 4.69) is 10.3 Å². The molecule has 4 rings (SSSR count). The Labute approximate surface area is 189 Å². The van der Waals surface area contributed by atoms with Crippen molar-refractivity contribution in [3.05, 3.63) is 53.7 Å². The fourth-order valence-electron chi connectivity index (χ4n) is 3.61. The molecule has 2 aliphatic heterocycles. The second-order valence-corrected chi connectivity index (χ2v) is 9.81. The van der Waals surface area contributed by atoms with E-state index in [9.17, 15) is 21.6 Å². The number of aliphatic carboxylic acids is 1. The van der Waals surface area contributed by atoms with Gasteiger partial charge in [0, 0.05) is 25.6 Å². The molecule has 0 radical (unpaired) electrons. The van der Waals surface area contributed by atoms with Gasteiger partial charge in [0.15, 0.2) is 0 Å². The summed E-state index contributed by atoms with van der Waals surface area (Å²) in [7, 11) is -3.68. The number of carbonyl (C=O) groups is 1. The van der Waals surface area contributed by atoms with Crippen LogP contribution in [0.4, 0.5) is 13.2 Å². The van der Waals surface area contributed by atoms with Crippen LogP contribution in [0.2, 0.25) is 0 Å². The average Bonchev–Trinajstić information content (AvgIpc) is 2.83. The number of hydrogen-bond donors (Lipinski definition) is 2. The van der Waals surface area contributed by atoms with Gasteiger partial charge in [-0.3, -0.25) is 0 Å². The third-order valence-corrected chi connectivity index (χ3v) is 7.17. The minimum Gasteiger partial charge on any atom is -0.475 e. The number of nitrogens with one attached hydrogen (secondary N) is 1. The lowest BCUT2D eigenvalue weighted by molar-refractivity contribution is -0.192. The molecular formula is C21H24F3N3O5S. The number of ether oxygens (including phenoxy) is 1. The van der Waals surface area contributed by atoms with Crippen molar-refractivity contribution in [2.45, 2.75) is 43.0 Å². The van der Waals surface area contributed by atoms with E-state index in [4.69, 9.17) is 14.6 Å². The van der Waals surface area contributed by atoms with Crippen LogP contribution in [0.5, 0.6) is 5.88 Å². The zero-order valence-corrected chi connectivity index (χ0v) is 18.6. The van der Waals surface area contributed by atoms with Gasteiger partial charge in [0.25, 0.3) is 0 Å². The first kappa shape index (κ1) is 24.9. The first-order chi connectivity index (χ1) is 15.4. The number of sulfonamides is 1. The highest BCUT2D eigenvalue weighted by Crippen LogP contribution is 2.37. The quantitative estimate of drug-likeness (QED) is 0.671. The minimum absolute atomic E-state index is 0.155. The zero-order chi connectivity index (χ0) is 24.3. The third-order valence-electron chi connectivity index (χ3n) is 5.37. The van der Waals surface area contributed by atoms with E-state index in [-0.39, 0.29) is 10.8 Å². The van der Waals surface area contributed by atoms with Gasteiger partial charge in [-0.25, -0.2) is 18.2 Å². The number of aromatic nitrogens is 1. The molecule has 1 aromatic carbocycles. The summed E-state index contributed by atoms with van der Waals surface area (Å²) >= 11 is 0. The molecule has 33 heavy (non-hydrogen) atoms. The molecule has 2 N–H and O–H groups in total. The van der Waals surface area contributed by atoms with Crippen molar-refractivity contribution in [3.63, 3.8) is 0 Å². The number of nitrogens with zero attached hydrogens (tertiary/aromatic N) is 2. The summed E-state index contributed by atoms with van der Waals surface area (Å²) in [6.45, 7) is 4.30. The highest BCUT2D eigenvalue weighted by molar-refractivity contribution is 7.89. The molecule has 2 aromatic rings. The molecule has 0 unspecified atom stereocenters. The van der Waals surface area contributed by atoms with E-state index >= 15 is 0 Å². The van der Waals surface area contributed by atoms with Gasteiger partial charge < -0.3 is 15.2 Å². The van der Waals surface area contributed by atoms with Crippen LogP contribution >= 0.6 is 0 Å². The second kappa shape index (κ2) is 9.65. The Morgan fingerprint density at radius 3 is 2.39 bits per heavy atom. The number of hydrogen-bond acceptors (Lipinski definition) is 6. The minimum atomic E-state index is -5.08. The molecule has 0 atom stereocenters. The summed E-state index contributed by atoms with van der Waals surface area (Å²) in [4.78, 5) is 13.3. The number of benzene rings is 1. The van der Waals surface area contributed by atoms with Crippen LogP contribution in [0, 0.1) is 6.92 Å². The second-order valence-electron chi connectivity index (χ2n) is 7.90. The summed E-state index contributed by atoms with van der Waals surface area (Å²) in [6, 6.07) is 11.2. The SMILES string of the molecule is Cc1ccc(CN2CC3(CCNCC3)Oc3ncccc3S2(=O)=O)cc1.O=C(O)C(F)(F)F. The topological polar surface area (TPSA) is 109 Å². The monoisotopic (exact) mass is 487 g/mol. The van der Waals surface area contributed by atoms with E-state index in [0.29, 0.717) is 13.1 Å². The van der Waals surface area contributed by atoms with E-state index in [1.807, 2.05) is 31.2 Å². The van der Waals surface area contributed by atoms with Gasteiger partial charge in [-0.1, -0.05) is 29.8 Å². The number of carboxylic acids is 1. The lowest BCUT2D eigenvalue weighted by Gasteiger charge is -2.38. The summed E-state index contributed by atoms with van der Waals surface area (Å²) in [5, 5.41) is 10.4. The Hall–Kier alpha value is -2.70. The maximum atomic E-state index is 13.3. The normalized spacial score (nSPS) is 19.4. The maximum absolute atomic E-state index is 13.3. The summed E-state index contributed by atoms with van der Waals surface area (Å²) < 4.78 is 66.1. The van der Waals surface area contributed by atoms with E-state index in [0.717, 1.165) is 37.1 Å². The highest BCUT2D eigenvalue weighted by Gasteiger charge is 2.45. The molecule has 0 bridgehead atoms. The number of alkyl halides is 3. The molecule has 1 spiro atoms. The fraction of sp³-hybridized carbons (Fsp3) is 0.429. The molecular weight excluding hydrogens is 463 g/mol. The number of piperidine rings is 1. The predicted molar refractivity (Wildman–Crippen MR) is 112 cm³/mol. The van der Waals surface area contributed by atoms with Crippen LogP contribution in [0.15, 0.2) is 47.5 Å². The molecule has 0 saturated carbocycles. The van der Waals surface area contributed by atoms with Gasteiger partial charge in [-0.05, 0) is 37.7 Å². The summed E-state index contributed by atoms with van der Waals surface area (Å²) in [6.07, 6.45) is -2.00. The van der Waals surface area contributed by atoms with Crippen LogP contribution in [0.3, 0.4) is 0 Å². The molecule has 1 fully saturated rings. The van der Waals surface area contributed by atoms with Crippen molar-refractivity contribution < 1.29 is 36.2 Å². The van der Waals surface area contributed by atoms with Crippen LogP contribution in [-0.4, -0.2) is 60.2 Å². The number of carboxylic acid groups (broad SMARTS) is 1. The van der Waals surface area contributed by atoms with E-state index in [1.54, 1.807) is 22.6 Å². The lowest BCUT2D eigenvalue weighted by atomic mass is 9.92. The Kier molecular flexibility index (Phi) is 7.29. The van der Waals surface area contributed by atoms with Crippen LogP contribution < -0.4 is 10.1 Å². The van der Waals surface area contributed by atoms with Gasteiger partial charge in [-0.2, -0.15) is 17.5 Å². The Morgan fingerprint density at radius 2 is 1.82 bits per heavy atom. The average molecular weight is 488 g/mol. The fourth-order valence-corrected chi connectivity index (χ4v) is 5.18. The van der Waals surface area contributed by atoms with E-state index in [1.165, 1.54) is 0 Å². The number of fused-ring (bicyclic) bond motifs is 1. The summed E-state index contributed by atoms with van der Waals surface area (Å²) in [5.74, 6) is -2.53. The highest BCUT2D eigenvalue weighted by atomic mass is 32.2. The molecule has 12 heteroatoms. The molecule has 1 saturated heterocycles. The Balaban J connectivity index is 0.000000383. The van der Waals surface area contributed by atoms with Crippen LogP contribution in [-0.2, 0) is 21.4 Å². The molecule has 8 nitrogen and oxygen atoms in total. The van der Waals surface area contributed by atoms with Gasteiger partial charge in [-0.15, -0.1) is 0 Å². The number of aryl methyl sites for hydroxylation is 1. The number of halogens is 3. The van der Waals surface area contributed by atoms with Crippen molar-refractivity contribution in [2.24, 2.45) is 0 Å². The third kappa shape index (κ3) is 6.01. The van der Waals surface area contributed by atoms with Crippen molar-refractivity contribution >= 4 is 16.0 Å². The molecule has 1 aromatic heterocycles. The number of pyridine rings is 1. The van der Waals surface area contributed by atoms with Crippen LogP contribution in [0.25, 0.3) is 0 Å². The molecule has 0 aliphatic carbocycles. The molecule has 0 amide bonds. The standard InChI is InChI=1S/C19H23N3O3S.C2HF3O2/c1-15-4-6-16(7-5-15)13-22-14-19(8-11-20-12-9-19)25-18-17(26(22,23)24)3-2-10-21-18;3-2(4,5)1(6)7/h2-7,10,20H,8-9,11-14H2,1H3;(H,6,7). The smallest absolute Gasteiger partial charge is 0.475 e. The number of rotatable bonds is 2. The molecule has 180 valence electrons. The largest absolute Gasteiger partial charge is 0.490 e. The van der Waals surface area contributed by atoms with Gasteiger partial charge >= 0.3 is 12.1 Å². The maximum Gasteiger partial charge on any atom is 0.490 e. The first-order valence-electron chi connectivity index (χ1n) is 10.1. The Bertz CT molecular complexity index is 1090. The molecule has 2 aliphatic rings. The van der Waals surface area contributed by atoms with Crippen molar-refractivity contribution in [2.75, 3.05) is 19.6 Å². The molecule has 3 heterocycles. The van der Waals surface area contributed by atoms with Crippen molar-refractivity contribution in [1.29, 1.82) is 0 Å². The van der Waals surface area contributed by atoms with Crippen molar-refractivity contribution in [1.82, 2.24) is 14.6 Å². The lowest BCUT2D eigenvalue weighted by Crippen LogP contribution is -2.53. The van der Waals surface area contributed by atoms with Gasteiger partial charge in [0.2, 0.25) is 15.9 Å². The van der Waals surface area contributed by atoms with Crippen molar-refractivity contribution in [3.8, 4) is 5.88 Å². The van der Waals surface area contributed by atoms with Gasteiger partial charge in [0.1, 0.15) is 10.5 Å². The first-order valence-corrected chi connectivity index (χ1v) is 11.6. The van der Waals surface area contributed by atoms with Crippen LogP contribution in [0.1, 0.15) is 24.0 Å². The van der Waals surface area contributed by atoms with E-state index < -0.39 is 27.8 Å². The predicted octanol–water partition coefficient (Wildman–Crippen LogP) is 2.73. The summed E-state index contributed by atoms with van der Waals surface area (Å²) in [5.41, 5.74) is 1.58.